The highest BCUT2D eigenvalue weighted by atomic mass is 16.5. The number of nitrogens with one attached hydrogen (secondary N) is 1. The quantitative estimate of drug-likeness (QED) is 0.478. The average molecular weight is 171 g/mol. The summed E-state index contributed by atoms with van der Waals surface area (Å²) < 4.78 is 4.82. The Morgan fingerprint density at radius 2 is 2.42 bits per heavy atom. The maximum Gasteiger partial charge on any atom is 0.330 e. The zero-order chi connectivity index (χ0) is 9.40. The van der Waals surface area contributed by atoms with E-state index >= 15 is 0 Å². The fourth-order valence-electron chi connectivity index (χ4n) is 0.870. The maximum absolute atomic E-state index is 10.6. The Labute approximate surface area is 73.8 Å². The van der Waals surface area contributed by atoms with Crippen molar-refractivity contribution in [2.45, 2.75) is 13.3 Å². The minimum atomic E-state index is -0.341. The molecule has 0 rings (SSSR count). The molecule has 0 radical (unpaired) electrons. The number of hydrogen-bond donors (Lipinski definition) is 1. The van der Waals surface area contributed by atoms with Crippen LogP contribution in [-0.2, 0) is 9.53 Å². The minimum Gasteiger partial charge on any atom is -0.463 e. The predicted octanol–water partition coefficient (Wildman–Crippen LogP) is 0.961. The first-order valence-corrected chi connectivity index (χ1v) is 4.14. The molecule has 0 heterocycles. The predicted molar refractivity (Wildman–Crippen MR) is 48.9 cm³/mol. The summed E-state index contributed by atoms with van der Waals surface area (Å²) in [4.78, 5) is 10.6. The monoisotopic (exact) mass is 171 g/mol. The standard InChI is InChI=1S/C9H17NO2/c1-4-9(11)12-6-5-8(2)7-10-3/h4,8,10H,1,5-7H2,2-3H3. The SMILES string of the molecule is C=CC(=O)OCCC(C)CNC. The Hall–Kier alpha value is -0.830. The third kappa shape index (κ3) is 5.92. The summed E-state index contributed by atoms with van der Waals surface area (Å²) in [6.45, 7) is 6.85. The van der Waals surface area contributed by atoms with Gasteiger partial charge in [0.15, 0.2) is 0 Å². The fourth-order valence-corrected chi connectivity index (χ4v) is 0.870. The summed E-state index contributed by atoms with van der Waals surface area (Å²) in [5.41, 5.74) is 0. The van der Waals surface area contributed by atoms with Crippen LogP contribution in [0.5, 0.6) is 0 Å². The molecule has 1 atom stereocenters. The molecule has 12 heavy (non-hydrogen) atoms. The summed E-state index contributed by atoms with van der Waals surface area (Å²) in [5, 5.41) is 3.06. The van der Waals surface area contributed by atoms with Gasteiger partial charge in [-0.25, -0.2) is 4.79 Å². The second-order valence-electron chi connectivity index (χ2n) is 2.82. The molecule has 3 heteroatoms. The van der Waals surface area contributed by atoms with Crippen molar-refractivity contribution in [1.29, 1.82) is 0 Å². The summed E-state index contributed by atoms with van der Waals surface area (Å²) in [5.74, 6) is 0.194. The molecule has 0 aromatic rings. The number of ether oxygens (including phenoxy) is 1. The normalized spacial score (nSPS) is 12.2. The van der Waals surface area contributed by atoms with Crippen LogP contribution in [-0.4, -0.2) is 26.2 Å². The van der Waals surface area contributed by atoms with Crippen molar-refractivity contribution in [3.63, 3.8) is 0 Å². The van der Waals surface area contributed by atoms with E-state index in [1.165, 1.54) is 6.08 Å². The molecule has 0 aliphatic rings. The first-order chi connectivity index (χ1) is 5.70. The fraction of sp³-hybridized carbons (Fsp3) is 0.667. The lowest BCUT2D eigenvalue weighted by Gasteiger charge is -2.09. The van der Waals surface area contributed by atoms with E-state index in [0.717, 1.165) is 13.0 Å². The molecule has 0 amide bonds. The van der Waals surface area contributed by atoms with Gasteiger partial charge in [0.2, 0.25) is 0 Å². The summed E-state index contributed by atoms with van der Waals surface area (Å²) in [6.07, 6.45) is 2.07. The Morgan fingerprint density at radius 1 is 1.75 bits per heavy atom. The van der Waals surface area contributed by atoms with E-state index in [4.69, 9.17) is 4.74 Å². The van der Waals surface area contributed by atoms with Crippen molar-refractivity contribution >= 4 is 5.97 Å². The molecule has 0 bridgehead atoms. The van der Waals surface area contributed by atoms with Gasteiger partial charge >= 0.3 is 5.97 Å². The Balaban J connectivity index is 3.30. The van der Waals surface area contributed by atoms with E-state index in [1.54, 1.807) is 0 Å². The van der Waals surface area contributed by atoms with Gasteiger partial charge in [0.05, 0.1) is 6.61 Å². The number of carbonyl (C=O) groups excluding carboxylic acids is 1. The van der Waals surface area contributed by atoms with Gasteiger partial charge in [-0.05, 0) is 25.9 Å². The molecule has 0 aromatic carbocycles. The molecular formula is C9H17NO2. The van der Waals surface area contributed by atoms with Crippen LogP contribution in [0.1, 0.15) is 13.3 Å². The summed E-state index contributed by atoms with van der Waals surface area (Å²) in [6, 6.07) is 0. The van der Waals surface area contributed by atoms with E-state index in [-0.39, 0.29) is 5.97 Å². The molecule has 0 fully saturated rings. The van der Waals surface area contributed by atoms with Gasteiger partial charge in [-0.1, -0.05) is 13.5 Å². The zero-order valence-corrected chi connectivity index (χ0v) is 7.80. The topological polar surface area (TPSA) is 38.3 Å². The van der Waals surface area contributed by atoms with E-state index in [2.05, 4.69) is 18.8 Å². The van der Waals surface area contributed by atoms with Crippen LogP contribution >= 0.6 is 0 Å². The Morgan fingerprint density at radius 3 is 2.92 bits per heavy atom. The summed E-state index contributed by atoms with van der Waals surface area (Å²) >= 11 is 0. The number of esters is 1. The van der Waals surface area contributed by atoms with E-state index < -0.39 is 0 Å². The third-order valence-corrected chi connectivity index (χ3v) is 1.57. The highest BCUT2D eigenvalue weighted by molar-refractivity contribution is 5.81. The summed E-state index contributed by atoms with van der Waals surface area (Å²) in [7, 11) is 1.91. The third-order valence-electron chi connectivity index (χ3n) is 1.57. The van der Waals surface area contributed by atoms with Crippen LogP contribution in [0.25, 0.3) is 0 Å². The second-order valence-corrected chi connectivity index (χ2v) is 2.82. The van der Waals surface area contributed by atoms with Gasteiger partial charge in [0.1, 0.15) is 0 Å². The van der Waals surface area contributed by atoms with Gasteiger partial charge in [-0.3, -0.25) is 0 Å². The molecule has 0 saturated heterocycles. The highest BCUT2D eigenvalue weighted by Crippen LogP contribution is 1.99. The molecule has 0 aliphatic heterocycles. The molecule has 0 saturated carbocycles. The second kappa shape index (κ2) is 6.85. The smallest absolute Gasteiger partial charge is 0.330 e. The molecule has 1 unspecified atom stereocenters. The molecule has 70 valence electrons. The molecule has 0 spiro atoms. The van der Waals surface area contributed by atoms with Gasteiger partial charge in [-0.15, -0.1) is 0 Å². The maximum atomic E-state index is 10.6. The van der Waals surface area contributed by atoms with Crippen LogP contribution < -0.4 is 5.32 Å². The largest absolute Gasteiger partial charge is 0.463 e. The first kappa shape index (κ1) is 11.2. The minimum absolute atomic E-state index is 0.341. The van der Waals surface area contributed by atoms with Gasteiger partial charge < -0.3 is 10.1 Å². The van der Waals surface area contributed by atoms with E-state index in [0.29, 0.717) is 12.5 Å². The van der Waals surface area contributed by atoms with Gasteiger partial charge in [-0.2, -0.15) is 0 Å². The molecule has 3 nitrogen and oxygen atoms in total. The van der Waals surface area contributed by atoms with Crippen molar-refractivity contribution < 1.29 is 9.53 Å². The van der Waals surface area contributed by atoms with Crippen LogP contribution in [0.4, 0.5) is 0 Å². The number of carbonyl (C=O) groups is 1. The lowest BCUT2D eigenvalue weighted by atomic mass is 10.1. The molecular weight excluding hydrogens is 154 g/mol. The molecule has 1 N–H and O–H groups in total. The van der Waals surface area contributed by atoms with Crippen LogP contribution in [0.15, 0.2) is 12.7 Å². The van der Waals surface area contributed by atoms with E-state index in [9.17, 15) is 4.79 Å². The van der Waals surface area contributed by atoms with Crippen molar-refractivity contribution in [3.05, 3.63) is 12.7 Å². The Bertz CT molecular complexity index is 145. The van der Waals surface area contributed by atoms with Crippen molar-refractivity contribution in [3.8, 4) is 0 Å². The Kier molecular flexibility index (Phi) is 6.38. The number of hydrogen-bond acceptors (Lipinski definition) is 3. The lowest BCUT2D eigenvalue weighted by Crippen LogP contribution is -2.18. The van der Waals surface area contributed by atoms with Crippen molar-refractivity contribution in [1.82, 2.24) is 5.32 Å². The van der Waals surface area contributed by atoms with Gasteiger partial charge in [0, 0.05) is 6.08 Å². The highest BCUT2D eigenvalue weighted by Gasteiger charge is 2.01. The zero-order valence-electron chi connectivity index (χ0n) is 7.80. The van der Waals surface area contributed by atoms with Crippen LogP contribution in [0, 0.1) is 5.92 Å². The number of rotatable bonds is 6. The van der Waals surface area contributed by atoms with Gasteiger partial charge in [0.25, 0.3) is 0 Å². The molecule has 0 aliphatic carbocycles. The van der Waals surface area contributed by atoms with Crippen molar-refractivity contribution in [2.24, 2.45) is 5.92 Å². The van der Waals surface area contributed by atoms with E-state index in [1.807, 2.05) is 7.05 Å². The average Bonchev–Trinajstić information content (AvgIpc) is 2.04. The molecule has 0 aromatic heterocycles. The van der Waals surface area contributed by atoms with Crippen LogP contribution in [0.2, 0.25) is 0 Å². The van der Waals surface area contributed by atoms with Crippen LogP contribution in [0.3, 0.4) is 0 Å². The first-order valence-electron chi connectivity index (χ1n) is 4.14. The van der Waals surface area contributed by atoms with Crippen molar-refractivity contribution in [2.75, 3.05) is 20.2 Å². The lowest BCUT2D eigenvalue weighted by molar-refractivity contribution is -0.138.